The Labute approximate surface area is 158 Å². The lowest BCUT2D eigenvalue weighted by Crippen LogP contribution is -2.13. The lowest BCUT2D eigenvalue weighted by molar-refractivity contribution is -0.141. The molecule has 0 aliphatic rings. The fraction of sp³-hybridized carbons (Fsp3) is 0.105. The number of rotatable bonds is 4. The maximum absolute atomic E-state index is 13.3. The van der Waals surface area contributed by atoms with Crippen LogP contribution >= 0.6 is 12.6 Å². The van der Waals surface area contributed by atoms with Gasteiger partial charge in [0.05, 0.1) is 16.5 Å². The third-order valence-corrected chi connectivity index (χ3v) is 4.35. The predicted octanol–water partition coefficient (Wildman–Crippen LogP) is 4.88. The summed E-state index contributed by atoms with van der Waals surface area (Å²) >= 11 is 4.36. The van der Waals surface area contributed by atoms with Crippen LogP contribution in [-0.2, 0) is 6.18 Å². The van der Waals surface area contributed by atoms with Crippen molar-refractivity contribution < 1.29 is 23.1 Å². The van der Waals surface area contributed by atoms with E-state index in [0.29, 0.717) is 11.1 Å². The summed E-state index contributed by atoms with van der Waals surface area (Å²) in [6.45, 7) is 0. The summed E-state index contributed by atoms with van der Waals surface area (Å²) < 4.78 is 39.9. The molecule has 1 aromatic heterocycles. The number of carboxylic acid groups (broad SMARTS) is 1. The molecule has 0 saturated carbocycles. The molecule has 1 N–H and O–H groups in total. The van der Waals surface area contributed by atoms with E-state index in [1.807, 2.05) is 0 Å². The highest BCUT2D eigenvalue weighted by Crippen LogP contribution is 2.33. The molecule has 2 aromatic carbocycles. The van der Waals surface area contributed by atoms with Crippen molar-refractivity contribution >= 4 is 18.6 Å². The minimum absolute atomic E-state index is 0.0641. The molecule has 0 radical (unpaired) electrons. The zero-order chi connectivity index (χ0) is 19.6. The number of nitrogens with zero attached hydrogens (tertiary/aromatic N) is 2. The van der Waals surface area contributed by atoms with E-state index in [1.54, 1.807) is 30.3 Å². The third-order valence-electron chi connectivity index (χ3n) is 3.82. The van der Waals surface area contributed by atoms with Gasteiger partial charge in [-0.3, -0.25) is 0 Å². The van der Waals surface area contributed by atoms with Crippen LogP contribution in [-0.4, -0.2) is 21.0 Å². The minimum Gasteiger partial charge on any atom is -0.478 e. The van der Waals surface area contributed by atoms with Crippen LogP contribution in [0.5, 0.6) is 0 Å². The number of carboxylic acids is 1. The standard InChI is InChI=1S/C19H13F3N2O2S/c20-19(21,22)15-10-14(11-4-2-1-3-5-11)23-17(24-15)16(27)12-6-8-13(9-7-12)18(25)26/h1-10,16,27H,(H,25,26). The van der Waals surface area contributed by atoms with Crippen LogP contribution in [0.4, 0.5) is 13.2 Å². The van der Waals surface area contributed by atoms with E-state index >= 15 is 0 Å². The highest BCUT2D eigenvalue weighted by atomic mass is 32.1. The minimum atomic E-state index is -4.64. The quantitative estimate of drug-likeness (QED) is 0.624. The van der Waals surface area contributed by atoms with E-state index in [9.17, 15) is 18.0 Å². The van der Waals surface area contributed by atoms with Gasteiger partial charge in [0.2, 0.25) is 0 Å². The fourth-order valence-electron chi connectivity index (χ4n) is 2.45. The van der Waals surface area contributed by atoms with Crippen molar-refractivity contribution in [2.24, 2.45) is 0 Å². The summed E-state index contributed by atoms with van der Waals surface area (Å²) in [5.74, 6) is -1.21. The first-order valence-electron chi connectivity index (χ1n) is 7.78. The molecular formula is C19H13F3N2O2S. The molecule has 0 aliphatic heterocycles. The molecule has 3 rings (SSSR count). The van der Waals surface area contributed by atoms with E-state index in [1.165, 1.54) is 24.3 Å². The molecule has 0 aliphatic carbocycles. The van der Waals surface area contributed by atoms with Crippen molar-refractivity contribution in [3.8, 4) is 11.3 Å². The van der Waals surface area contributed by atoms with Gasteiger partial charge in [-0.1, -0.05) is 42.5 Å². The summed E-state index contributed by atoms with van der Waals surface area (Å²) in [6, 6.07) is 15.0. The first-order chi connectivity index (χ1) is 12.8. The second kappa shape index (κ2) is 7.40. The second-order valence-electron chi connectivity index (χ2n) is 5.69. The molecule has 1 atom stereocenters. The highest BCUT2D eigenvalue weighted by molar-refractivity contribution is 7.80. The second-order valence-corrected chi connectivity index (χ2v) is 6.21. The van der Waals surface area contributed by atoms with Gasteiger partial charge in [-0.15, -0.1) is 0 Å². The van der Waals surface area contributed by atoms with E-state index in [-0.39, 0.29) is 17.1 Å². The Bertz CT molecular complexity index is 961. The summed E-state index contributed by atoms with van der Waals surface area (Å²) in [7, 11) is 0. The maximum atomic E-state index is 13.3. The molecule has 27 heavy (non-hydrogen) atoms. The lowest BCUT2D eigenvalue weighted by atomic mass is 10.1. The largest absolute Gasteiger partial charge is 0.478 e. The number of aromatic carboxylic acids is 1. The van der Waals surface area contributed by atoms with Crippen LogP contribution in [0.2, 0.25) is 0 Å². The molecule has 1 unspecified atom stereocenters. The summed E-state index contributed by atoms with van der Waals surface area (Å²) in [4.78, 5) is 18.8. The van der Waals surface area contributed by atoms with Crippen molar-refractivity contribution in [3.05, 3.63) is 83.3 Å². The molecule has 0 saturated heterocycles. The predicted molar refractivity (Wildman–Crippen MR) is 96.7 cm³/mol. The van der Waals surface area contributed by atoms with Crippen molar-refractivity contribution in [3.63, 3.8) is 0 Å². The number of carbonyl (C=O) groups is 1. The third kappa shape index (κ3) is 4.28. The molecule has 1 heterocycles. The van der Waals surface area contributed by atoms with Gasteiger partial charge in [-0.25, -0.2) is 14.8 Å². The molecule has 0 bridgehead atoms. The van der Waals surface area contributed by atoms with Crippen molar-refractivity contribution in [2.45, 2.75) is 11.4 Å². The number of halogens is 3. The van der Waals surface area contributed by atoms with Crippen LogP contribution in [0.3, 0.4) is 0 Å². The Morgan fingerprint density at radius 1 is 1.00 bits per heavy atom. The van der Waals surface area contributed by atoms with Crippen LogP contribution < -0.4 is 0 Å². The summed E-state index contributed by atoms with van der Waals surface area (Å²) in [6.07, 6.45) is -4.64. The molecule has 3 aromatic rings. The Balaban J connectivity index is 2.07. The summed E-state index contributed by atoms with van der Waals surface area (Å²) in [5.41, 5.74) is 0.144. The van der Waals surface area contributed by atoms with Gasteiger partial charge in [0.1, 0.15) is 11.5 Å². The fourth-order valence-corrected chi connectivity index (χ4v) is 2.73. The number of thiol groups is 1. The molecule has 4 nitrogen and oxygen atoms in total. The smallest absolute Gasteiger partial charge is 0.433 e. The van der Waals surface area contributed by atoms with Crippen molar-refractivity contribution in [1.82, 2.24) is 9.97 Å². The van der Waals surface area contributed by atoms with Gasteiger partial charge >= 0.3 is 12.1 Å². The zero-order valence-electron chi connectivity index (χ0n) is 13.7. The number of aromatic nitrogens is 2. The zero-order valence-corrected chi connectivity index (χ0v) is 14.6. The average molecular weight is 390 g/mol. The van der Waals surface area contributed by atoms with Gasteiger partial charge in [-0.05, 0) is 23.8 Å². The highest BCUT2D eigenvalue weighted by Gasteiger charge is 2.34. The normalized spacial score (nSPS) is 12.6. The Morgan fingerprint density at radius 3 is 2.19 bits per heavy atom. The Kier molecular flexibility index (Phi) is 5.18. The van der Waals surface area contributed by atoms with E-state index < -0.39 is 23.1 Å². The Hall–Kier alpha value is -2.87. The first kappa shape index (κ1) is 18.9. The average Bonchev–Trinajstić information content (AvgIpc) is 2.67. The number of alkyl halides is 3. The van der Waals surface area contributed by atoms with E-state index in [2.05, 4.69) is 22.6 Å². The molecule has 0 amide bonds. The van der Waals surface area contributed by atoms with E-state index in [4.69, 9.17) is 5.11 Å². The number of benzene rings is 2. The van der Waals surface area contributed by atoms with Crippen LogP contribution in [0.25, 0.3) is 11.3 Å². The van der Waals surface area contributed by atoms with Gasteiger partial charge < -0.3 is 5.11 Å². The van der Waals surface area contributed by atoms with Crippen molar-refractivity contribution in [2.75, 3.05) is 0 Å². The van der Waals surface area contributed by atoms with Crippen LogP contribution in [0, 0.1) is 0 Å². The lowest BCUT2D eigenvalue weighted by Gasteiger charge is -2.15. The monoisotopic (exact) mass is 390 g/mol. The topological polar surface area (TPSA) is 63.1 Å². The number of hydrogen-bond donors (Lipinski definition) is 2. The molecular weight excluding hydrogens is 377 g/mol. The number of hydrogen-bond acceptors (Lipinski definition) is 4. The van der Waals surface area contributed by atoms with Gasteiger partial charge in [0.15, 0.2) is 0 Å². The van der Waals surface area contributed by atoms with Crippen LogP contribution in [0.15, 0.2) is 60.7 Å². The van der Waals surface area contributed by atoms with Crippen molar-refractivity contribution in [1.29, 1.82) is 0 Å². The van der Waals surface area contributed by atoms with Gasteiger partial charge in [-0.2, -0.15) is 25.8 Å². The van der Waals surface area contributed by atoms with E-state index in [0.717, 1.165) is 6.07 Å². The molecule has 8 heteroatoms. The molecule has 0 spiro atoms. The summed E-state index contributed by atoms with van der Waals surface area (Å²) in [5, 5.41) is 8.10. The Morgan fingerprint density at radius 2 is 1.63 bits per heavy atom. The van der Waals surface area contributed by atoms with Crippen LogP contribution in [0.1, 0.15) is 32.7 Å². The van der Waals surface area contributed by atoms with Gasteiger partial charge in [0, 0.05) is 5.56 Å². The maximum Gasteiger partial charge on any atom is 0.433 e. The first-order valence-corrected chi connectivity index (χ1v) is 8.30. The van der Waals surface area contributed by atoms with Gasteiger partial charge in [0.25, 0.3) is 0 Å². The SMILES string of the molecule is O=C(O)c1ccc(C(S)c2nc(-c3ccccc3)cc(C(F)(F)F)n2)cc1. The molecule has 0 fully saturated rings. The molecule has 138 valence electrons.